The molecule has 0 N–H and O–H groups in total. The van der Waals surface area contributed by atoms with Crippen LogP contribution in [0, 0.1) is 0 Å². The molecular formula is C42H69O3P-2. The van der Waals surface area contributed by atoms with Crippen LogP contribution in [0.4, 0.5) is 0 Å². The lowest BCUT2D eigenvalue weighted by Gasteiger charge is -2.52. The standard InChI is InChI=1S/C42H71O3P/c1-4-7-10-13-16-17-20-23-30-37-42(46(43,44)45,40-35-28-26-33-38(40)31-24-21-18-14-11-8-5-2)41-36-29-27-34-39(41)32-25-22-19-15-12-9-6-3/h26-29,33-36H,4-25,30-32,37H2,1-3H3,(H2,43,44,45)/p-2. The van der Waals surface area contributed by atoms with Crippen LogP contribution in [-0.4, -0.2) is 0 Å². The Hall–Kier alpha value is -1.41. The molecule has 0 amide bonds. The van der Waals surface area contributed by atoms with Gasteiger partial charge < -0.3 is 14.4 Å². The van der Waals surface area contributed by atoms with Crippen LogP contribution < -0.4 is 9.79 Å². The van der Waals surface area contributed by atoms with Crippen molar-refractivity contribution in [1.29, 1.82) is 0 Å². The first kappa shape index (κ1) is 40.8. The van der Waals surface area contributed by atoms with Crippen molar-refractivity contribution >= 4 is 7.60 Å². The lowest BCUT2D eigenvalue weighted by atomic mass is 9.79. The molecule has 0 bridgehead atoms. The van der Waals surface area contributed by atoms with Gasteiger partial charge in [0.05, 0.1) is 0 Å². The van der Waals surface area contributed by atoms with Gasteiger partial charge >= 0.3 is 0 Å². The van der Waals surface area contributed by atoms with Crippen LogP contribution in [0.3, 0.4) is 0 Å². The summed E-state index contributed by atoms with van der Waals surface area (Å²) in [5.41, 5.74) is 3.59. The first-order chi connectivity index (χ1) is 22.4. The second kappa shape index (κ2) is 24.7. The Morgan fingerprint density at radius 2 is 0.761 bits per heavy atom. The average molecular weight is 653 g/mol. The van der Waals surface area contributed by atoms with Gasteiger partial charge in [0.2, 0.25) is 0 Å². The first-order valence-electron chi connectivity index (χ1n) is 19.6. The van der Waals surface area contributed by atoms with Crippen LogP contribution in [0.15, 0.2) is 48.5 Å². The van der Waals surface area contributed by atoms with Gasteiger partial charge in [0.25, 0.3) is 0 Å². The predicted octanol–water partition coefficient (Wildman–Crippen LogP) is 12.4. The van der Waals surface area contributed by atoms with Crippen molar-refractivity contribution in [3.05, 3.63) is 70.8 Å². The highest BCUT2D eigenvalue weighted by Gasteiger charge is 2.40. The van der Waals surface area contributed by atoms with E-state index in [0.717, 1.165) is 80.0 Å². The zero-order valence-electron chi connectivity index (χ0n) is 30.2. The minimum atomic E-state index is -5.09. The molecule has 0 saturated carbocycles. The fourth-order valence-corrected chi connectivity index (χ4v) is 8.82. The van der Waals surface area contributed by atoms with Crippen molar-refractivity contribution in [3.8, 4) is 0 Å². The molecule has 4 heteroatoms. The van der Waals surface area contributed by atoms with Gasteiger partial charge in [-0.2, -0.15) is 0 Å². The Labute approximate surface area is 284 Å². The molecule has 2 aromatic carbocycles. The maximum absolute atomic E-state index is 13.9. The van der Waals surface area contributed by atoms with E-state index in [1.807, 2.05) is 36.4 Å². The van der Waals surface area contributed by atoms with Gasteiger partial charge in [-0.1, -0.05) is 212 Å². The summed E-state index contributed by atoms with van der Waals surface area (Å²) < 4.78 is 13.9. The lowest BCUT2D eigenvalue weighted by Crippen LogP contribution is -2.40. The maximum atomic E-state index is 13.9. The second-order valence-electron chi connectivity index (χ2n) is 14.0. The highest BCUT2D eigenvalue weighted by molar-refractivity contribution is 7.50. The number of aryl methyl sites for hydroxylation is 2. The molecule has 46 heavy (non-hydrogen) atoms. The first-order valence-corrected chi connectivity index (χ1v) is 21.2. The molecule has 262 valence electrons. The Morgan fingerprint density at radius 3 is 1.11 bits per heavy atom. The molecule has 2 aromatic rings. The summed E-state index contributed by atoms with van der Waals surface area (Å²) >= 11 is 0. The summed E-state index contributed by atoms with van der Waals surface area (Å²) in [4.78, 5) is 27.7. The SMILES string of the molecule is CCCCCCCCCCCC(c1ccccc1CCCCCCCCC)(c1ccccc1CCCCCCCCC)P(=O)([O-])[O-]. The van der Waals surface area contributed by atoms with E-state index in [0.29, 0.717) is 6.42 Å². The molecule has 0 spiro atoms. The molecule has 0 fully saturated rings. The number of hydrogen-bond acceptors (Lipinski definition) is 3. The summed E-state index contributed by atoms with van der Waals surface area (Å²) in [5.74, 6) is 0. The van der Waals surface area contributed by atoms with Gasteiger partial charge in [-0.25, -0.2) is 0 Å². The summed E-state index contributed by atoms with van der Waals surface area (Å²) in [6, 6.07) is 16.1. The third-order valence-electron chi connectivity index (χ3n) is 10.1. The highest BCUT2D eigenvalue weighted by atomic mass is 31.2. The lowest BCUT2D eigenvalue weighted by molar-refractivity contribution is -0.320. The molecular weight excluding hydrogens is 583 g/mol. The Bertz CT molecular complexity index is 1010. The van der Waals surface area contributed by atoms with Crippen molar-refractivity contribution < 1.29 is 14.4 Å². The number of unbranched alkanes of at least 4 members (excludes halogenated alkanes) is 20. The van der Waals surface area contributed by atoms with Crippen molar-refractivity contribution in [2.24, 2.45) is 0 Å². The number of hydrogen-bond donors (Lipinski definition) is 0. The summed E-state index contributed by atoms with van der Waals surface area (Å²) in [7, 11) is -5.09. The van der Waals surface area contributed by atoms with Crippen molar-refractivity contribution in [2.45, 2.75) is 193 Å². The predicted molar refractivity (Wildman–Crippen MR) is 197 cm³/mol. The maximum Gasteiger partial charge on any atom is 0.0483 e. The van der Waals surface area contributed by atoms with Gasteiger partial charge in [0, 0.05) is 5.16 Å². The molecule has 0 unspecified atom stereocenters. The topological polar surface area (TPSA) is 63.2 Å². The van der Waals surface area contributed by atoms with E-state index in [1.54, 1.807) is 0 Å². The molecule has 0 heterocycles. The van der Waals surface area contributed by atoms with Gasteiger partial charge in [-0.15, -0.1) is 0 Å². The molecule has 3 nitrogen and oxygen atoms in total. The average Bonchev–Trinajstić information content (AvgIpc) is 3.05. The molecule has 0 aromatic heterocycles. The Balaban J connectivity index is 2.33. The molecule has 2 rings (SSSR count). The third kappa shape index (κ3) is 14.4. The minimum absolute atomic E-state index is 0.370. The van der Waals surface area contributed by atoms with Crippen molar-refractivity contribution in [2.75, 3.05) is 0 Å². The van der Waals surface area contributed by atoms with Crippen LogP contribution >= 0.6 is 7.60 Å². The zero-order valence-corrected chi connectivity index (χ0v) is 31.1. The molecule has 0 aliphatic rings. The minimum Gasteiger partial charge on any atom is -0.810 e. The molecule has 0 atom stereocenters. The van der Waals surface area contributed by atoms with E-state index in [4.69, 9.17) is 0 Å². The second-order valence-corrected chi connectivity index (χ2v) is 15.8. The van der Waals surface area contributed by atoms with Gasteiger partial charge in [0.15, 0.2) is 0 Å². The van der Waals surface area contributed by atoms with E-state index >= 15 is 0 Å². The van der Waals surface area contributed by atoms with E-state index in [2.05, 4.69) is 32.9 Å². The normalized spacial score (nSPS) is 12.2. The van der Waals surface area contributed by atoms with Crippen LogP contribution in [0.2, 0.25) is 0 Å². The summed E-state index contributed by atoms with van der Waals surface area (Å²) in [5, 5.41) is -1.52. The molecule has 0 aliphatic heterocycles. The van der Waals surface area contributed by atoms with Gasteiger partial charge in [0.1, 0.15) is 0 Å². The van der Waals surface area contributed by atoms with E-state index in [1.165, 1.54) is 103 Å². The third-order valence-corrected chi connectivity index (χ3v) is 11.8. The smallest absolute Gasteiger partial charge is 0.0483 e. The van der Waals surface area contributed by atoms with Crippen LogP contribution in [0.25, 0.3) is 0 Å². The quantitative estimate of drug-likeness (QED) is 0.0649. The van der Waals surface area contributed by atoms with E-state index in [9.17, 15) is 14.4 Å². The molecule has 0 radical (unpaired) electrons. The van der Waals surface area contributed by atoms with Gasteiger partial charge in [-0.3, -0.25) is 0 Å². The summed E-state index contributed by atoms with van der Waals surface area (Å²) in [6.45, 7) is 6.74. The zero-order chi connectivity index (χ0) is 33.4. The monoisotopic (exact) mass is 652 g/mol. The van der Waals surface area contributed by atoms with E-state index < -0.39 is 12.8 Å². The van der Waals surface area contributed by atoms with Crippen LogP contribution in [-0.2, 0) is 22.6 Å². The fraction of sp³-hybridized carbons (Fsp3) is 0.714. The number of rotatable bonds is 29. The largest absolute Gasteiger partial charge is 0.810 e. The molecule has 0 aliphatic carbocycles. The Kier molecular flexibility index (Phi) is 21.9. The fourth-order valence-electron chi connectivity index (χ4n) is 7.37. The van der Waals surface area contributed by atoms with Crippen molar-refractivity contribution in [3.63, 3.8) is 0 Å². The van der Waals surface area contributed by atoms with E-state index in [-0.39, 0.29) is 0 Å². The highest BCUT2D eigenvalue weighted by Crippen LogP contribution is 2.60. The van der Waals surface area contributed by atoms with Crippen molar-refractivity contribution in [1.82, 2.24) is 0 Å². The number of benzene rings is 2. The van der Waals surface area contributed by atoms with Crippen LogP contribution in [0.1, 0.15) is 197 Å². The van der Waals surface area contributed by atoms with Crippen LogP contribution in [0.5, 0.6) is 0 Å². The van der Waals surface area contributed by atoms with Gasteiger partial charge in [-0.05, 0) is 54.4 Å². The molecule has 0 saturated heterocycles. The summed E-state index contributed by atoms with van der Waals surface area (Å²) in [6.07, 6.45) is 29.4. The Morgan fingerprint density at radius 1 is 0.457 bits per heavy atom.